The van der Waals surface area contributed by atoms with Crippen LogP contribution in [0, 0.1) is 12.7 Å². The number of nitrogens with zero attached hydrogens (tertiary/aromatic N) is 1. The van der Waals surface area contributed by atoms with E-state index in [9.17, 15) is 14.0 Å². The molecule has 4 aromatic rings. The van der Waals surface area contributed by atoms with Crippen molar-refractivity contribution in [2.24, 2.45) is 0 Å². The van der Waals surface area contributed by atoms with Gasteiger partial charge in [-0.3, -0.25) is 14.6 Å². The molecule has 0 aliphatic heterocycles. The summed E-state index contributed by atoms with van der Waals surface area (Å²) in [5.41, 5.74) is 3.46. The van der Waals surface area contributed by atoms with Gasteiger partial charge in [-0.1, -0.05) is 30.3 Å². The molecule has 0 unspecified atom stereocenters. The van der Waals surface area contributed by atoms with Crippen molar-refractivity contribution in [2.75, 3.05) is 5.32 Å². The standard InChI is InChI=1S/C25H20FN3O2/c1-16-22(13-18-10-11-20(26)14-23(18)28-16)25(31)27-15-17-6-5-7-19(12-17)24(30)29-21-8-3-2-4-9-21/h2-14H,15H2,1H3,(H,27,31)(H,29,30). The van der Waals surface area contributed by atoms with E-state index in [2.05, 4.69) is 15.6 Å². The zero-order valence-electron chi connectivity index (χ0n) is 16.9. The average molecular weight is 413 g/mol. The molecule has 0 aliphatic carbocycles. The second-order valence-electron chi connectivity index (χ2n) is 7.16. The van der Waals surface area contributed by atoms with Gasteiger partial charge in [-0.05, 0) is 55.0 Å². The fraction of sp³-hybridized carbons (Fsp3) is 0.0800. The van der Waals surface area contributed by atoms with Gasteiger partial charge in [-0.2, -0.15) is 0 Å². The molecule has 0 fully saturated rings. The minimum absolute atomic E-state index is 0.221. The molecule has 2 N–H and O–H groups in total. The van der Waals surface area contributed by atoms with Gasteiger partial charge in [0.15, 0.2) is 0 Å². The topological polar surface area (TPSA) is 71.1 Å². The molecule has 154 valence electrons. The Hall–Kier alpha value is -4.06. The number of rotatable bonds is 5. The Morgan fingerprint density at radius 1 is 0.903 bits per heavy atom. The van der Waals surface area contributed by atoms with E-state index in [1.165, 1.54) is 12.1 Å². The van der Waals surface area contributed by atoms with Crippen LogP contribution < -0.4 is 10.6 Å². The lowest BCUT2D eigenvalue weighted by Gasteiger charge is -2.10. The Bertz CT molecular complexity index is 1270. The summed E-state index contributed by atoms with van der Waals surface area (Å²) in [6.07, 6.45) is 0. The molecule has 0 saturated heterocycles. The maximum absolute atomic E-state index is 13.4. The van der Waals surface area contributed by atoms with Crippen LogP contribution in [0.1, 0.15) is 32.0 Å². The van der Waals surface area contributed by atoms with Crippen molar-refractivity contribution in [2.45, 2.75) is 13.5 Å². The highest BCUT2D eigenvalue weighted by atomic mass is 19.1. The van der Waals surface area contributed by atoms with E-state index in [1.807, 2.05) is 36.4 Å². The molecular weight excluding hydrogens is 393 g/mol. The summed E-state index contributed by atoms with van der Waals surface area (Å²) in [5.74, 6) is -0.871. The second kappa shape index (κ2) is 8.75. The van der Waals surface area contributed by atoms with E-state index < -0.39 is 0 Å². The lowest BCUT2D eigenvalue weighted by Crippen LogP contribution is -2.24. The number of aryl methyl sites for hydroxylation is 1. The maximum atomic E-state index is 13.4. The molecule has 0 aliphatic rings. The zero-order valence-corrected chi connectivity index (χ0v) is 16.9. The Balaban J connectivity index is 1.46. The van der Waals surface area contributed by atoms with Crippen molar-refractivity contribution in [1.29, 1.82) is 0 Å². The third-order valence-electron chi connectivity index (χ3n) is 4.89. The van der Waals surface area contributed by atoms with Crippen LogP contribution >= 0.6 is 0 Å². The van der Waals surface area contributed by atoms with Gasteiger partial charge >= 0.3 is 0 Å². The highest BCUT2D eigenvalue weighted by Gasteiger charge is 2.13. The molecule has 0 spiro atoms. The fourth-order valence-corrected chi connectivity index (χ4v) is 3.29. The van der Waals surface area contributed by atoms with E-state index in [4.69, 9.17) is 0 Å². The Morgan fingerprint density at radius 3 is 2.52 bits per heavy atom. The molecule has 1 aromatic heterocycles. The summed E-state index contributed by atoms with van der Waals surface area (Å²) >= 11 is 0. The fourth-order valence-electron chi connectivity index (χ4n) is 3.29. The largest absolute Gasteiger partial charge is 0.348 e. The van der Waals surface area contributed by atoms with Gasteiger partial charge in [0.25, 0.3) is 11.8 Å². The summed E-state index contributed by atoms with van der Waals surface area (Å²) in [6, 6.07) is 22.3. The van der Waals surface area contributed by atoms with Crippen LogP contribution in [0.2, 0.25) is 0 Å². The number of carbonyl (C=O) groups is 2. The summed E-state index contributed by atoms with van der Waals surface area (Å²) in [5, 5.41) is 6.40. The van der Waals surface area contributed by atoms with Gasteiger partial charge < -0.3 is 10.6 Å². The summed E-state index contributed by atoms with van der Waals surface area (Å²) in [6.45, 7) is 1.97. The summed E-state index contributed by atoms with van der Waals surface area (Å²) in [4.78, 5) is 29.5. The maximum Gasteiger partial charge on any atom is 0.255 e. The molecule has 5 nitrogen and oxygen atoms in total. The van der Waals surface area contributed by atoms with Crippen LogP contribution in [0.5, 0.6) is 0 Å². The van der Waals surface area contributed by atoms with Crippen molar-refractivity contribution < 1.29 is 14.0 Å². The van der Waals surface area contributed by atoms with Gasteiger partial charge in [0.1, 0.15) is 5.82 Å². The van der Waals surface area contributed by atoms with Gasteiger partial charge in [-0.25, -0.2) is 4.39 Å². The third-order valence-corrected chi connectivity index (χ3v) is 4.89. The third kappa shape index (κ3) is 4.75. The van der Waals surface area contributed by atoms with E-state index in [-0.39, 0.29) is 24.2 Å². The molecule has 4 rings (SSSR count). The van der Waals surface area contributed by atoms with Crippen LogP contribution in [0.4, 0.5) is 10.1 Å². The number of hydrogen-bond acceptors (Lipinski definition) is 3. The van der Waals surface area contributed by atoms with Crippen molar-refractivity contribution in [3.8, 4) is 0 Å². The number of anilines is 1. The first-order chi connectivity index (χ1) is 15.0. The molecule has 1 heterocycles. The van der Waals surface area contributed by atoms with Gasteiger partial charge in [0.2, 0.25) is 0 Å². The van der Waals surface area contributed by atoms with Gasteiger partial charge in [-0.15, -0.1) is 0 Å². The first-order valence-electron chi connectivity index (χ1n) is 9.80. The van der Waals surface area contributed by atoms with Crippen molar-refractivity contribution in [1.82, 2.24) is 10.3 Å². The highest BCUT2D eigenvalue weighted by molar-refractivity contribution is 6.04. The van der Waals surface area contributed by atoms with Crippen molar-refractivity contribution in [3.05, 3.63) is 107 Å². The van der Waals surface area contributed by atoms with Gasteiger partial charge in [0.05, 0.1) is 16.8 Å². The monoisotopic (exact) mass is 413 g/mol. The van der Waals surface area contributed by atoms with Gasteiger partial charge in [0, 0.05) is 29.2 Å². The lowest BCUT2D eigenvalue weighted by molar-refractivity contribution is 0.0949. The van der Waals surface area contributed by atoms with E-state index in [0.717, 1.165) is 5.56 Å². The SMILES string of the molecule is Cc1nc2cc(F)ccc2cc1C(=O)NCc1cccc(C(=O)Nc2ccccc2)c1. The van der Waals surface area contributed by atoms with E-state index in [1.54, 1.807) is 37.3 Å². The number of benzene rings is 3. The lowest BCUT2D eigenvalue weighted by atomic mass is 10.1. The Kier molecular flexibility index (Phi) is 5.71. The molecule has 0 saturated carbocycles. The smallest absolute Gasteiger partial charge is 0.255 e. The quantitative estimate of drug-likeness (QED) is 0.491. The minimum Gasteiger partial charge on any atom is -0.348 e. The normalized spacial score (nSPS) is 10.6. The molecule has 2 amide bonds. The Labute approximate surface area is 178 Å². The number of halogens is 1. The molecule has 0 bridgehead atoms. The van der Waals surface area contributed by atoms with Crippen molar-refractivity contribution >= 4 is 28.4 Å². The number of para-hydroxylation sites is 1. The molecule has 0 radical (unpaired) electrons. The minimum atomic E-state index is -0.368. The number of pyridine rings is 1. The van der Waals surface area contributed by atoms with Crippen LogP contribution in [0.3, 0.4) is 0 Å². The van der Waals surface area contributed by atoms with E-state index in [0.29, 0.717) is 33.4 Å². The highest BCUT2D eigenvalue weighted by Crippen LogP contribution is 2.18. The zero-order chi connectivity index (χ0) is 21.8. The summed E-state index contributed by atoms with van der Waals surface area (Å²) in [7, 11) is 0. The molecule has 31 heavy (non-hydrogen) atoms. The van der Waals surface area contributed by atoms with Crippen LogP contribution in [-0.4, -0.2) is 16.8 Å². The first-order valence-corrected chi connectivity index (χ1v) is 9.80. The van der Waals surface area contributed by atoms with Crippen LogP contribution in [0.15, 0.2) is 78.9 Å². The number of nitrogens with one attached hydrogen (secondary N) is 2. The first kappa shape index (κ1) is 20.2. The number of aromatic nitrogens is 1. The number of amides is 2. The second-order valence-corrected chi connectivity index (χ2v) is 7.16. The van der Waals surface area contributed by atoms with Crippen molar-refractivity contribution in [3.63, 3.8) is 0 Å². The molecule has 0 atom stereocenters. The average Bonchev–Trinajstić information content (AvgIpc) is 2.78. The number of fused-ring (bicyclic) bond motifs is 1. The predicted octanol–water partition coefficient (Wildman–Crippen LogP) is 4.86. The molecule has 3 aromatic carbocycles. The van der Waals surface area contributed by atoms with E-state index >= 15 is 0 Å². The molecule has 6 heteroatoms. The predicted molar refractivity (Wildman–Crippen MR) is 118 cm³/mol. The number of hydrogen-bond donors (Lipinski definition) is 2. The van der Waals surface area contributed by atoms with Crippen LogP contribution in [0.25, 0.3) is 10.9 Å². The molecular formula is C25H20FN3O2. The van der Waals surface area contributed by atoms with Crippen LogP contribution in [-0.2, 0) is 6.54 Å². The Morgan fingerprint density at radius 2 is 1.71 bits per heavy atom. The number of carbonyl (C=O) groups excluding carboxylic acids is 2. The summed E-state index contributed by atoms with van der Waals surface area (Å²) < 4.78 is 13.4.